The van der Waals surface area contributed by atoms with Gasteiger partial charge in [-0.25, -0.2) is 0 Å². The molecule has 0 saturated carbocycles. The van der Waals surface area contributed by atoms with Crippen LogP contribution in [0, 0.1) is 6.92 Å². The lowest BCUT2D eigenvalue weighted by molar-refractivity contribution is -0.0283. The van der Waals surface area contributed by atoms with Crippen LogP contribution in [-0.2, 0) is 11.3 Å². The Hall–Kier alpha value is -2.49. The van der Waals surface area contributed by atoms with Gasteiger partial charge in [0.1, 0.15) is 6.10 Å². The Morgan fingerprint density at radius 3 is 2.04 bits per heavy atom. The van der Waals surface area contributed by atoms with E-state index in [4.69, 9.17) is 4.74 Å². The first kappa shape index (κ1) is 18.9. The van der Waals surface area contributed by atoms with Crippen LogP contribution >= 0.6 is 0 Å². The van der Waals surface area contributed by atoms with Crippen LogP contribution in [-0.4, -0.2) is 29.1 Å². The summed E-state index contributed by atoms with van der Waals surface area (Å²) in [6.45, 7) is 5.08. The van der Waals surface area contributed by atoms with Gasteiger partial charge in [0.25, 0.3) is 0 Å². The normalized spacial score (nSPS) is 15.8. The number of likely N-dealkylation sites (tertiary alicyclic amines) is 1. The van der Waals surface area contributed by atoms with Gasteiger partial charge in [0, 0.05) is 25.3 Å². The molecule has 0 aliphatic carbocycles. The summed E-state index contributed by atoms with van der Waals surface area (Å²) in [4.78, 5) is 7.13. The van der Waals surface area contributed by atoms with Crippen molar-refractivity contribution in [2.24, 2.45) is 0 Å². The molecule has 3 heteroatoms. The highest BCUT2D eigenvalue weighted by Crippen LogP contribution is 2.30. The summed E-state index contributed by atoms with van der Waals surface area (Å²) in [7, 11) is 0. The van der Waals surface area contributed by atoms with E-state index in [-0.39, 0.29) is 12.2 Å². The van der Waals surface area contributed by atoms with Gasteiger partial charge in [-0.05, 0) is 43.0 Å². The van der Waals surface area contributed by atoms with Gasteiger partial charge in [-0.1, -0.05) is 66.7 Å². The molecule has 1 aromatic heterocycles. The Morgan fingerprint density at radius 2 is 1.46 bits per heavy atom. The monoisotopic (exact) mass is 372 g/mol. The maximum Gasteiger partial charge on any atom is 0.108 e. The van der Waals surface area contributed by atoms with Crippen molar-refractivity contribution in [3.8, 4) is 0 Å². The van der Waals surface area contributed by atoms with E-state index in [1.807, 2.05) is 0 Å². The highest BCUT2D eigenvalue weighted by Gasteiger charge is 2.24. The Bertz CT molecular complexity index is 818. The van der Waals surface area contributed by atoms with Crippen LogP contribution in [0.1, 0.15) is 41.5 Å². The zero-order valence-corrected chi connectivity index (χ0v) is 16.5. The molecule has 3 nitrogen and oxygen atoms in total. The molecule has 0 radical (unpaired) electrons. The molecule has 0 N–H and O–H groups in total. The summed E-state index contributed by atoms with van der Waals surface area (Å²) < 4.78 is 6.64. The molecule has 0 amide bonds. The maximum atomic E-state index is 6.64. The fraction of sp³-hybridized carbons (Fsp3) is 0.320. The van der Waals surface area contributed by atoms with E-state index in [9.17, 15) is 0 Å². The van der Waals surface area contributed by atoms with Gasteiger partial charge in [0.2, 0.25) is 0 Å². The lowest BCUT2D eigenvalue weighted by atomic mass is 10.00. The minimum atomic E-state index is -0.00242. The van der Waals surface area contributed by atoms with Crippen molar-refractivity contribution in [3.05, 3.63) is 101 Å². The largest absolute Gasteiger partial charge is 0.365 e. The first-order valence-electron chi connectivity index (χ1n) is 10.2. The number of pyridine rings is 1. The molecule has 0 atom stereocenters. The van der Waals surface area contributed by atoms with Crippen LogP contribution in [0.25, 0.3) is 0 Å². The zero-order chi connectivity index (χ0) is 19.2. The fourth-order valence-corrected chi connectivity index (χ4v) is 3.92. The minimum Gasteiger partial charge on any atom is -0.365 e. The molecule has 1 fully saturated rings. The topological polar surface area (TPSA) is 25.4 Å². The van der Waals surface area contributed by atoms with Crippen LogP contribution in [0.4, 0.5) is 0 Å². The molecule has 3 aromatic rings. The average Bonchev–Trinajstić information content (AvgIpc) is 2.74. The molecule has 0 spiro atoms. The number of piperidine rings is 1. The van der Waals surface area contributed by atoms with Crippen molar-refractivity contribution in [2.75, 3.05) is 13.1 Å². The van der Waals surface area contributed by atoms with Crippen molar-refractivity contribution in [1.29, 1.82) is 0 Å². The predicted octanol–water partition coefficient (Wildman–Crippen LogP) is 5.16. The van der Waals surface area contributed by atoms with E-state index in [2.05, 4.69) is 95.7 Å². The second-order valence-electron chi connectivity index (χ2n) is 7.58. The Morgan fingerprint density at radius 1 is 0.857 bits per heavy atom. The quantitative estimate of drug-likeness (QED) is 0.597. The number of hydrogen-bond donors (Lipinski definition) is 0. The smallest absolute Gasteiger partial charge is 0.108 e. The molecule has 2 aromatic carbocycles. The highest BCUT2D eigenvalue weighted by molar-refractivity contribution is 5.30. The lowest BCUT2D eigenvalue weighted by Crippen LogP contribution is -2.37. The molecule has 28 heavy (non-hydrogen) atoms. The third-order valence-corrected chi connectivity index (χ3v) is 5.40. The van der Waals surface area contributed by atoms with Crippen LogP contribution in [0.15, 0.2) is 78.9 Å². The third kappa shape index (κ3) is 4.86. The standard InChI is InChI=1S/C25H28N2O/c1-20-9-8-14-23(26-20)19-27-17-15-24(16-18-27)28-25(21-10-4-2-5-11-21)22-12-6-3-7-13-22/h2-14,24-25H,15-19H2,1H3. The first-order valence-corrected chi connectivity index (χ1v) is 10.2. The van der Waals surface area contributed by atoms with Gasteiger partial charge in [-0.15, -0.1) is 0 Å². The number of rotatable bonds is 6. The summed E-state index contributed by atoms with van der Waals surface area (Å²) in [6, 6.07) is 27.4. The first-order chi connectivity index (χ1) is 13.8. The predicted molar refractivity (Wildman–Crippen MR) is 113 cm³/mol. The summed E-state index contributed by atoms with van der Waals surface area (Å²) in [5.41, 5.74) is 4.69. The summed E-state index contributed by atoms with van der Waals surface area (Å²) in [6.07, 6.45) is 2.40. The van der Waals surface area contributed by atoms with Gasteiger partial charge in [-0.3, -0.25) is 9.88 Å². The van der Waals surface area contributed by atoms with Crippen LogP contribution in [0.2, 0.25) is 0 Å². The van der Waals surface area contributed by atoms with Crippen molar-refractivity contribution < 1.29 is 4.74 Å². The van der Waals surface area contributed by atoms with Gasteiger partial charge in [0.15, 0.2) is 0 Å². The van der Waals surface area contributed by atoms with Crippen LogP contribution < -0.4 is 0 Å². The number of benzene rings is 2. The molecule has 4 rings (SSSR count). The number of ether oxygens (including phenoxy) is 1. The number of nitrogens with zero attached hydrogens (tertiary/aromatic N) is 2. The van der Waals surface area contributed by atoms with E-state index >= 15 is 0 Å². The number of aryl methyl sites for hydroxylation is 1. The van der Waals surface area contributed by atoms with E-state index in [1.54, 1.807) is 0 Å². The minimum absolute atomic E-state index is 0.00242. The molecule has 0 unspecified atom stereocenters. The molecular formula is C25H28N2O. The molecule has 2 heterocycles. The van der Waals surface area contributed by atoms with E-state index in [1.165, 1.54) is 11.1 Å². The van der Waals surface area contributed by atoms with E-state index in [0.717, 1.165) is 43.9 Å². The van der Waals surface area contributed by atoms with Crippen molar-refractivity contribution in [3.63, 3.8) is 0 Å². The molecular weight excluding hydrogens is 344 g/mol. The Kier molecular flexibility index (Phi) is 6.15. The van der Waals surface area contributed by atoms with Gasteiger partial charge in [0.05, 0.1) is 11.8 Å². The van der Waals surface area contributed by atoms with Crippen molar-refractivity contribution >= 4 is 0 Å². The fourth-order valence-electron chi connectivity index (χ4n) is 3.92. The van der Waals surface area contributed by atoms with E-state index in [0.29, 0.717) is 0 Å². The van der Waals surface area contributed by atoms with Gasteiger partial charge >= 0.3 is 0 Å². The lowest BCUT2D eigenvalue weighted by Gasteiger charge is -2.34. The Labute approximate surface area is 168 Å². The number of hydrogen-bond acceptors (Lipinski definition) is 3. The summed E-state index contributed by atoms with van der Waals surface area (Å²) in [5.74, 6) is 0. The van der Waals surface area contributed by atoms with E-state index < -0.39 is 0 Å². The second-order valence-corrected chi connectivity index (χ2v) is 7.58. The van der Waals surface area contributed by atoms with Crippen molar-refractivity contribution in [1.82, 2.24) is 9.88 Å². The molecule has 1 aliphatic rings. The van der Waals surface area contributed by atoms with Crippen molar-refractivity contribution in [2.45, 2.75) is 38.5 Å². The summed E-state index contributed by atoms with van der Waals surface area (Å²) in [5, 5.41) is 0. The SMILES string of the molecule is Cc1cccc(CN2CCC(OC(c3ccccc3)c3ccccc3)CC2)n1. The zero-order valence-electron chi connectivity index (χ0n) is 16.5. The highest BCUT2D eigenvalue weighted by atomic mass is 16.5. The second kappa shape index (κ2) is 9.13. The third-order valence-electron chi connectivity index (χ3n) is 5.40. The van der Waals surface area contributed by atoms with Crippen LogP contribution in [0.3, 0.4) is 0 Å². The van der Waals surface area contributed by atoms with Crippen LogP contribution in [0.5, 0.6) is 0 Å². The molecule has 0 bridgehead atoms. The van der Waals surface area contributed by atoms with Gasteiger partial charge < -0.3 is 4.74 Å². The van der Waals surface area contributed by atoms with Gasteiger partial charge in [-0.2, -0.15) is 0 Å². The molecule has 144 valence electrons. The molecule has 1 saturated heterocycles. The Balaban J connectivity index is 1.39. The molecule has 1 aliphatic heterocycles. The maximum absolute atomic E-state index is 6.64. The summed E-state index contributed by atoms with van der Waals surface area (Å²) >= 11 is 0. The number of aromatic nitrogens is 1. The average molecular weight is 373 g/mol.